The number of hydrogen-bond acceptors (Lipinski definition) is 6. The summed E-state index contributed by atoms with van der Waals surface area (Å²) >= 11 is 0. The highest BCUT2D eigenvalue weighted by Crippen LogP contribution is 2.42. The molecule has 0 spiro atoms. The molecule has 1 aromatic carbocycles. The second-order valence-electron chi connectivity index (χ2n) is 10.5. The lowest BCUT2D eigenvalue weighted by Crippen LogP contribution is -2.54. The minimum absolute atomic E-state index is 0.225. The van der Waals surface area contributed by atoms with Gasteiger partial charge in [-0.05, 0) is 104 Å². The molecule has 6 rings (SSSR count). The molecule has 0 radical (unpaired) electrons. The number of methoxy groups -OCH3 is 2. The number of nitrogens with one attached hydrogen (secondary N) is 1. The SMILES string of the molecule is COc1cc2c(cc1OC)C(CCc1c[nH]c3cccnc13)N(C(C1=CCOC=C1)N1CCCCC1)CC2. The van der Waals surface area contributed by atoms with Crippen LogP contribution in [0.2, 0.25) is 0 Å². The van der Waals surface area contributed by atoms with E-state index in [0.29, 0.717) is 6.61 Å². The molecule has 2 atom stereocenters. The van der Waals surface area contributed by atoms with Crippen molar-refractivity contribution in [2.75, 3.05) is 40.5 Å². The topological polar surface area (TPSA) is 62.9 Å². The zero-order chi connectivity index (χ0) is 25.9. The summed E-state index contributed by atoms with van der Waals surface area (Å²) in [6.07, 6.45) is 17.3. The first-order valence-electron chi connectivity index (χ1n) is 13.9. The summed E-state index contributed by atoms with van der Waals surface area (Å²) in [5, 5.41) is 0. The van der Waals surface area contributed by atoms with Crippen LogP contribution >= 0.6 is 0 Å². The van der Waals surface area contributed by atoms with Gasteiger partial charge in [0.15, 0.2) is 11.5 Å². The van der Waals surface area contributed by atoms with E-state index in [9.17, 15) is 0 Å². The van der Waals surface area contributed by atoms with E-state index in [2.05, 4.69) is 56.3 Å². The van der Waals surface area contributed by atoms with Crippen molar-refractivity contribution in [3.63, 3.8) is 0 Å². The molecule has 2 unspecified atom stereocenters. The van der Waals surface area contributed by atoms with Crippen LogP contribution in [-0.2, 0) is 17.6 Å². The molecule has 1 saturated heterocycles. The Labute approximate surface area is 225 Å². The lowest BCUT2D eigenvalue weighted by Gasteiger charge is -2.48. The summed E-state index contributed by atoms with van der Waals surface area (Å²) in [4.78, 5) is 13.5. The summed E-state index contributed by atoms with van der Waals surface area (Å²) in [7, 11) is 3.45. The van der Waals surface area contributed by atoms with Crippen LogP contribution in [0.3, 0.4) is 0 Å². The van der Waals surface area contributed by atoms with Crippen molar-refractivity contribution < 1.29 is 14.2 Å². The predicted molar refractivity (Wildman–Crippen MR) is 149 cm³/mol. The standard InChI is InChI=1S/C31H38N4O3/c1-36-28-19-23-10-16-35(31(22-11-17-38-18-12-22)34-14-4-3-5-15-34)27(25(23)20-29(28)37-2)9-8-24-21-33-26-7-6-13-32-30(24)26/h6-7,11-13,17,19-21,27,31,33H,3-5,8-10,14-16,18H2,1-2H3. The molecule has 1 fully saturated rings. The van der Waals surface area contributed by atoms with Crippen molar-refractivity contribution in [2.24, 2.45) is 0 Å². The van der Waals surface area contributed by atoms with Gasteiger partial charge >= 0.3 is 0 Å². The normalized spacial score (nSPS) is 21.0. The fourth-order valence-electron chi connectivity index (χ4n) is 6.52. The Bertz CT molecular complexity index is 1320. The molecule has 3 aromatic rings. The molecule has 0 aliphatic carbocycles. The zero-order valence-corrected chi connectivity index (χ0v) is 22.5. The average molecular weight is 515 g/mol. The maximum Gasteiger partial charge on any atom is 0.161 e. The summed E-state index contributed by atoms with van der Waals surface area (Å²) in [5.41, 5.74) is 7.49. The van der Waals surface area contributed by atoms with Crippen LogP contribution in [0.25, 0.3) is 11.0 Å². The molecular weight excluding hydrogens is 476 g/mol. The number of aromatic amines is 1. The molecule has 38 heavy (non-hydrogen) atoms. The number of pyridine rings is 1. The summed E-state index contributed by atoms with van der Waals surface area (Å²) < 4.78 is 17.0. The molecule has 2 aromatic heterocycles. The zero-order valence-electron chi connectivity index (χ0n) is 22.5. The third-order valence-electron chi connectivity index (χ3n) is 8.37. The van der Waals surface area contributed by atoms with Crippen LogP contribution in [0.4, 0.5) is 0 Å². The fraction of sp³-hybridized carbons (Fsp3) is 0.452. The van der Waals surface area contributed by atoms with Gasteiger partial charge in [0.1, 0.15) is 6.61 Å². The van der Waals surface area contributed by atoms with Gasteiger partial charge in [-0.15, -0.1) is 0 Å². The molecule has 200 valence electrons. The quantitative estimate of drug-likeness (QED) is 0.435. The van der Waals surface area contributed by atoms with Crippen LogP contribution in [-0.4, -0.2) is 66.4 Å². The highest BCUT2D eigenvalue weighted by atomic mass is 16.5. The number of ether oxygens (including phenoxy) is 3. The molecule has 7 heteroatoms. The molecule has 0 amide bonds. The van der Waals surface area contributed by atoms with Gasteiger partial charge in [0, 0.05) is 25.0 Å². The molecular formula is C31H38N4O3. The number of aryl methyl sites for hydroxylation is 1. The maximum absolute atomic E-state index is 5.78. The molecule has 5 heterocycles. The molecule has 0 bridgehead atoms. The second-order valence-corrected chi connectivity index (χ2v) is 10.5. The van der Waals surface area contributed by atoms with Gasteiger partial charge in [-0.2, -0.15) is 0 Å². The number of fused-ring (bicyclic) bond motifs is 2. The number of likely N-dealkylation sites (tertiary alicyclic amines) is 1. The Morgan fingerprint density at radius 3 is 2.74 bits per heavy atom. The van der Waals surface area contributed by atoms with Crippen molar-refractivity contribution in [1.29, 1.82) is 0 Å². The first-order chi connectivity index (χ1) is 18.8. The summed E-state index contributed by atoms with van der Waals surface area (Å²) in [6.45, 7) is 3.89. The van der Waals surface area contributed by atoms with Gasteiger partial charge in [-0.3, -0.25) is 14.8 Å². The van der Waals surface area contributed by atoms with E-state index in [4.69, 9.17) is 14.2 Å². The number of H-pyrrole nitrogens is 1. The Morgan fingerprint density at radius 1 is 1.11 bits per heavy atom. The van der Waals surface area contributed by atoms with Gasteiger partial charge in [-0.25, -0.2) is 0 Å². The van der Waals surface area contributed by atoms with Crippen molar-refractivity contribution in [3.05, 3.63) is 77.3 Å². The van der Waals surface area contributed by atoms with Gasteiger partial charge in [-0.1, -0.05) is 6.42 Å². The predicted octanol–water partition coefficient (Wildman–Crippen LogP) is 5.39. The molecule has 3 aliphatic heterocycles. The minimum atomic E-state index is 0.225. The van der Waals surface area contributed by atoms with Crippen molar-refractivity contribution >= 4 is 11.0 Å². The number of nitrogens with zero attached hydrogens (tertiary/aromatic N) is 3. The van der Waals surface area contributed by atoms with E-state index in [0.717, 1.165) is 61.4 Å². The Balaban J connectivity index is 1.40. The number of aromatic nitrogens is 2. The minimum Gasteiger partial charge on any atom is -0.497 e. The Morgan fingerprint density at radius 2 is 1.95 bits per heavy atom. The van der Waals surface area contributed by atoms with Crippen LogP contribution < -0.4 is 9.47 Å². The van der Waals surface area contributed by atoms with E-state index in [1.807, 2.05) is 18.5 Å². The summed E-state index contributed by atoms with van der Waals surface area (Å²) in [6, 6.07) is 8.73. The van der Waals surface area contributed by atoms with Crippen LogP contribution in [0.5, 0.6) is 11.5 Å². The lowest BCUT2D eigenvalue weighted by molar-refractivity contribution is 0.0154. The first kappa shape index (κ1) is 25.0. The fourth-order valence-corrected chi connectivity index (χ4v) is 6.52. The van der Waals surface area contributed by atoms with Gasteiger partial charge in [0.2, 0.25) is 0 Å². The Hall–Kier alpha value is -3.29. The van der Waals surface area contributed by atoms with E-state index >= 15 is 0 Å². The number of benzene rings is 1. The first-order valence-corrected chi connectivity index (χ1v) is 13.9. The van der Waals surface area contributed by atoms with Crippen molar-refractivity contribution in [3.8, 4) is 11.5 Å². The third kappa shape index (κ3) is 4.81. The van der Waals surface area contributed by atoms with Crippen LogP contribution in [0.1, 0.15) is 48.4 Å². The number of hydrogen-bond donors (Lipinski definition) is 1. The average Bonchev–Trinajstić information content (AvgIpc) is 3.40. The number of piperidine rings is 1. The van der Waals surface area contributed by atoms with E-state index in [-0.39, 0.29) is 12.2 Å². The van der Waals surface area contributed by atoms with Gasteiger partial charge < -0.3 is 19.2 Å². The van der Waals surface area contributed by atoms with Crippen molar-refractivity contribution in [1.82, 2.24) is 19.8 Å². The van der Waals surface area contributed by atoms with Crippen LogP contribution in [0, 0.1) is 0 Å². The molecule has 0 saturated carbocycles. The second kappa shape index (κ2) is 11.2. The number of rotatable bonds is 8. The van der Waals surface area contributed by atoms with Crippen molar-refractivity contribution in [2.45, 2.75) is 50.7 Å². The highest BCUT2D eigenvalue weighted by Gasteiger charge is 2.38. The Kier molecular flexibility index (Phi) is 7.38. The van der Waals surface area contributed by atoms with E-state index < -0.39 is 0 Å². The van der Waals surface area contributed by atoms with Gasteiger partial charge in [0.25, 0.3) is 0 Å². The smallest absolute Gasteiger partial charge is 0.161 e. The van der Waals surface area contributed by atoms with E-state index in [1.165, 1.54) is 41.5 Å². The molecule has 7 nitrogen and oxygen atoms in total. The monoisotopic (exact) mass is 514 g/mol. The van der Waals surface area contributed by atoms with E-state index in [1.54, 1.807) is 14.2 Å². The maximum atomic E-state index is 5.78. The lowest BCUT2D eigenvalue weighted by atomic mass is 9.87. The molecule has 1 N–H and O–H groups in total. The van der Waals surface area contributed by atoms with Gasteiger partial charge in [0.05, 0.1) is 37.7 Å². The summed E-state index contributed by atoms with van der Waals surface area (Å²) in [5.74, 6) is 1.61. The highest BCUT2D eigenvalue weighted by molar-refractivity contribution is 5.78. The molecule has 3 aliphatic rings. The van der Waals surface area contributed by atoms with Crippen LogP contribution in [0.15, 0.2) is 60.6 Å². The third-order valence-corrected chi connectivity index (χ3v) is 8.37. The largest absolute Gasteiger partial charge is 0.497 e.